The maximum absolute atomic E-state index is 5.31. The maximum atomic E-state index is 5.31. The first-order valence-electron chi connectivity index (χ1n) is 4.31. The monoisotopic (exact) mass is 186 g/mol. The highest BCUT2D eigenvalue weighted by Crippen LogP contribution is 2.01. The van der Waals surface area contributed by atoms with Gasteiger partial charge in [0.25, 0.3) is 0 Å². The zero-order valence-corrected chi connectivity index (χ0v) is 8.36. The zero-order chi connectivity index (χ0) is 10.1. The summed E-state index contributed by atoms with van der Waals surface area (Å²) in [5.74, 6) is 0. The van der Waals surface area contributed by atoms with Crippen LogP contribution in [0.3, 0.4) is 0 Å². The van der Waals surface area contributed by atoms with E-state index in [0.29, 0.717) is 13.2 Å². The Morgan fingerprint density at radius 2 is 1.38 bits per heavy atom. The van der Waals surface area contributed by atoms with Crippen LogP contribution in [0.5, 0.6) is 0 Å². The molecule has 0 aliphatic rings. The average molecular weight is 186 g/mol. The van der Waals surface area contributed by atoms with E-state index in [2.05, 4.69) is 13.2 Å². The van der Waals surface area contributed by atoms with Gasteiger partial charge in [0.05, 0.1) is 13.2 Å². The largest absolute Gasteiger partial charge is 0.349 e. The van der Waals surface area contributed by atoms with Crippen molar-refractivity contribution in [3.63, 3.8) is 0 Å². The first-order chi connectivity index (χ1) is 6.20. The molecule has 3 nitrogen and oxygen atoms in total. The molecule has 2 unspecified atom stereocenters. The fraction of sp³-hybridized carbons (Fsp3) is 0.600. The van der Waals surface area contributed by atoms with Gasteiger partial charge in [0.2, 0.25) is 0 Å². The molecule has 0 bridgehead atoms. The van der Waals surface area contributed by atoms with Gasteiger partial charge in [-0.2, -0.15) is 0 Å². The minimum Gasteiger partial charge on any atom is -0.349 e. The summed E-state index contributed by atoms with van der Waals surface area (Å²) in [6.45, 7) is 11.7. The molecule has 3 heteroatoms. The number of rotatable bonds is 8. The predicted molar refractivity (Wildman–Crippen MR) is 52.3 cm³/mol. The molecule has 13 heavy (non-hydrogen) atoms. The third-order valence-electron chi connectivity index (χ3n) is 1.28. The minimum absolute atomic E-state index is 0.280. The van der Waals surface area contributed by atoms with Gasteiger partial charge in [-0.1, -0.05) is 12.2 Å². The lowest BCUT2D eigenvalue weighted by atomic mass is 10.6. The Morgan fingerprint density at radius 1 is 1.00 bits per heavy atom. The van der Waals surface area contributed by atoms with Crippen LogP contribution < -0.4 is 0 Å². The second kappa shape index (κ2) is 7.98. The number of ether oxygens (including phenoxy) is 3. The van der Waals surface area contributed by atoms with Gasteiger partial charge in [0.1, 0.15) is 0 Å². The topological polar surface area (TPSA) is 27.7 Å². The standard InChI is InChI=1S/C10H18O3/c1-5-7-11-9(3)13-10(4)12-8-6-2/h5-6,9-10H,1-2,7-8H2,3-4H3. The molecule has 0 saturated heterocycles. The highest BCUT2D eigenvalue weighted by Gasteiger charge is 2.07. The number of hydrogen-bond donors (Lipinski definition) is 0. The van der Waals surface area contributed by atoms with Crippen molar-refractivity contribution in [2.45, 2.75) is 26.4 Å². The Hall–Kier alpha value is -0.640. The van der Waals surface area contributed by atoms with E-state index in [0.717, 1.165) is 0 Å². The van der Waals surface area contributed by atoms with Crippen molar-refractivity contribution in [3.05, 3.63) is 25.3 Å². The van der Waals surface area contributed by atoms with Crippen LogP contribution in [-0.2, 0) is 14.2 Å². The van der Waals surface area contributed by atoms with E-state index < -0.39 is 0 Å². The molecule has 0 aromatic carbocycles. The summed E-state index contributed by atoms with van der Waals surface area (Å²) < 4.78 is 15.7. The van der Waals surface area contributed by atoms with Crippen molar-refractivity contribution < 1.29 is 14.2 Å². The molecule has 0 radical (unpaired) electrons. The van der Waals surface area contributed by atoms with Crippen molar-refractivity contribution in [2.75, 3.05) is 13.2 Å². The van der Waals surface area contributed by atoms with Gasteiger partial charge >= 0.3 is 0 Å². The molecule has 0 saturated carbocycles. The molecule has 0 spiro atoms. The lowest BCUT2D eigenvalue weighted by Crippen LogP contribution is -2.22. The van der Waals surface area contributed by atoms with Crippen LogP contribution in [-0.4, -0.2) is 25.8 Å². The van der Waals surface area contributed by atoms with Crippen molar-refractivity contribution in [2.24, 2.45) is 0 Å². The van der Waals surface area contributed by atoms with Gasteiger partial charge in [0, 0.05) is 0 Å². The smallest absolute Gasteiger partial charge is 0.158 e. The molecule has 0 aromatic rings. The van der Waals surface area contributed by atoms with Gasteiger partial charge in [-0.15, -0.1) is 13.2 Å². The van der Waals surface area contributed by atoms with Gasteiger partial charge in [-0.05, 0) is 13.8 Å². The molecule has 0 fully saturated rings. The highest BCUT2D eigenvalue weighted by atomic mass is 16.8. The fourth-order valence-corrected chi connectivity index (χ4v) is 0.756. The summed E-state index contributed by atoms with van der Waals surface area (Å²) in [4.78, 5) is 0. The zero-order valence-electron chi connectivity index (χ0n) is 8.36. The van der Waals surface area contributed by atoms with Crippen molar-refractivity contribution in [1.82, 2.24) is 0 Å². The normalized spacial score (nSPS) is 14.9. The summed E-state index contributed by atoms with van der Waals surface area (Å²) in [5, 5.41) is 0. The molecule has 0 aromatic heterocycles. The van der Waals surface area contributed by atoms with Crippen LogP contribution in [0.25, 0.3) is 0 Å². The van der Waals surface area contributed by atoms with Crippen molar-refractivity contribution in [3.8, 4) is 0 Å². The molecular formula is C10H18O3. The third kappa shape index (κ3) is 7.71. The van der Waals surface area contributed by atoms with E-state index in [4.69, 9.17) is 14.2 Å². The van der Waals surface area contributed by atoms with Crippen LogP contribution in [0.4, 0.5) is 0 Å². The summed E-state index contributed by atoms with van der Waals surface area (Å²) in [6, 6.07) is 0. The summed E-state index contributed by atoms with van der Waals surface area (Å²) in [5.41, 5.74) is 0. The summed E-state index contributed by atoms with van der Waals surface area (Å²) >= 11 is 0. The molecule has 0 rings (SSSR count). The first kappa shape index (κ1) is 12.4. The molecule has 0 heterocycles. The SMILES string of the molecule is C=CCOC(C)OC(C)OCC=C. The highest BCUT2D eigenvalue weighted by molar-refractivity contribution is 4.64. The predicted octanol–water partition coefficient (Wildman–Crippen LogP) is 2.10. The first-order valence-corrected chi connectivity index (χ1v) is 4.31. The molecular weight excluding hydrogens is 168 g/mol. The van der Waals surface area contributed by atoms with E-state index in [-0.39, 0.29) is 12.6 Å². The van der Waals surface area contributed by atoms with Crippen LogP contribution in [0.1, 0.15) is 13.8 Å². The van der Waals surface area contributed by atoms with Gasteiger partial charge < -0.3 is 14.2 Å². The molecule has 0 N–H and O–H groups in total. The lowest BCUT2D eigenvalue weighted by molar-refractivity contribution is -0.224. The van der Waals surface area contributed by atoms with Crippen molar-refractivity contribution >= 4 is 0 Å². The van der Waals surface area contributed by atoms with Crippen LogP contribution in [0, 0.1) is 0 Å². The van der Waals surface area contributed by atoms with Crippen LogP contribution >= 0.6 is 0 Å². The average Bonchev–Trinajstić information content (AvgIpc) is 2.11. The van der Waals surface area contributed by atoms with Crippen molar-refractivity contribution in [1.29, 1.82) is 0 Å². The second-order valence-electron chi connectivity index (χ2n) is 2.52. The van der Waals surface area contributed by atoms with Crippen LogP contribution in [0.15, 0.2) is 25.3 Å². The van der Waals surface area contributed by atoms with E-state index in [1.165, 1.54) is 0 Å². The van der Waals surface area contributed by atoms with Gasteiger partial charge in [-0.3, -0.25) is 0 Å². The molecule has 76 valence electrons. The fourth-order valence-electron chi connectivity index (χ4n) is 0.756. The van der Waals surface area contributed by atoms with Gasteiger partial charge in [0.15, 0.2) is 12.6 Å². The summed E-state index contributed by atoms with van der Waals surface area (Å²) in [6.07, 6.45) is 2.79. The quantitative estimate of drug-likeness (QED) is 0.429. The van der Waals surface area contributed by atoms with E-state index in [1.807, 2.05) is 13.8 Å². The third-order valence-corrected chi connectivity index (χ3v) is 1.28. The van der Waals surface area contributed by atoms with E-state index in [1.54, 1.807) is 12.2 Å². The Labute approximate surface area is 80.0 Å². The molecule has 2 atom stereocenters. The maximum Gasteiger partial charge on any atom is 0.158 e. The minimum atomic E-state index is -0.280. The Bertz CT molecular complexity index is 129. The number of hydrogen-bond acceptors (Lipinski definition) is 3. The Balaban J connectivity index is 3.45. The summed E-state index contributed by atoms with van der Waals surface area (Å²) in [7, 11) is 0. The molecule has 0 amide bonds. The van der Waals surface area contributed by atoms with E-state index in [9.17, 15) is 0 Å². The lowest BCUT2D eigenvalue weighted by Gasteiger charge is -2.18. The molecule has 0 aliphatic carbocycles. The second-order valence-corrected chi connectivity index (χ2v) is 2.52. The Kier molecular flexibility index (Phi) is 7.59. The Morgan fingerprint density at radius 3 is 1.69 bits per heavy atom. The van der Waals surface area contributed by atoms with Crippen LogP contribution in [0.2, 0.25) is 0 Å². The van der Waals surface area contributed by atoms with Gasteiger partial charge in [-0.25, -0.2) is 0 Å². The molecule has 0 aliphatic heterocycles. The van der Waals surface area contributed by atoms with E-state index >= 15 is 0 Å².